The molecule has 4 aromatic carbocycles. The first kappa shape index (κ1) is 19.6. The van der Waals surface area contributed by atoms with E-state index in [1.165, 1.54) is 50.1 Å². The summed E-state index contributed by atoms with van der Waals surface area (Å²) in [4.78, 5) is 0. The first-order valence-corrected chi connectivity index (χ1v) is 11.2. The second-order valence-electron chi connectivity index (χ2n) is 8.64. The molecule has 0 aromatic heterocycles. The van der Waals surface area contributed by atoms with Crippen LogP contribution in [-0.2, 0) is 12.8 Å². The maximum atomic E-state index is 2.51. The van der Waals surface area contributed by atoms with E-state index in [-0.39, 0.29) is 5.92 Å². The van der Waals surface area contributed by atoms with Crippen LogP contribution in [0.3, 0.4) is 0 Å². The van der Waals surface area contributed by atoms with Gasteiger partial charge in [-0.1, -0.05) is 109 Å². The lowest BCUT2D eigenvalue weighted by atomic mass is 9.83. The van der Waals surface area contributed by atoms with Gasteiger partial charge in [0.15, 0.2) is 0 Å². The Kier molecular flexibility index (Phi) is 5.30. The maximum Gasteiger partial charge on any atom is 0.0284 e. The molecule has 0 atom stereocenters. The van der Waals surface area contributed by atoms with Crippen molar-refractivity contribution in [2.24, 2.45) is 0 Å². The summed E-state index contributed by atoms with van der Waals surface area (Å²) in [5.41, 5.74) is 12.3. The zero-order valence-electron chi connectivity index (χ0n) is 18.3. The smallest absolute Gasteiger partial charge is 0.0284 e. The Balaban J connectivity index is 1.79. The molecule has 0 spiro atoms. The van der Waals surface area contributed by atoms with E-state index < -0.39 is 0 Å². The van der Waals surface area contributed by atoms with Crippen LogP contribution in [-0.4, -0.2) is 0 Å². The van der Waals surface area contributed by atoms with Crippen molar-refractivity contribution in [1.29, 1.82) is 0 Å². The fraction of sp³-hybridized carbons (Fsp3) is 0.161. The summed E-state index contributed by atoms with van der Waals surface area (Å²) in [5, 5.41) is 0. The van der Waals surface area contributed by atoms with E-state index in [1.807, 2.05) is 0 Å². The fourth-order valence-electron chi connectivity index (χ4n) is 4.90. The number of allylic oxidation sites excluding steroid dienone is 1. The molecule has 4 aromatic rings. The Morgan fingerprint density at radius 1 is 0.677 bits per heavy atom. The predicted molar refractivity (Wildman–Crippen MR) is 132 cm³/mol. The molecular formula is C31H28. The average Bonchev–Trinajstić information content (AvgIpc) is 2.97. The van der Waals surface area contributed by atoms with Crippen molar-refractivity contribution in [3.05, 3.63) is 148 Å². The third-order valence-corrected chi connectivity index (χ3v) is 6.55. The number of hydrogen-bond donors (Lipinski definition) is 0. The number of benzene rings is 4. The van der Waals surface area contributed by atoms with Crippen molar-refractivity contribution in [1.82, 2.24) is 0 Å². The van der Waals surface area contributed by atoms with E-state index in [0.717, 1.165) is 12.8 Å². The molecule has 0 N–H and O–H groups in total. The van der Waals surface area contributed by atoms with Crippen molar-refractivity contribution in [3.8, 4) is 0 Å². The average molecular weight is 401 g/mol. The molecule has 0 amide bonds. The minimum Gasteiger partial charge on any atom is -0.0641 e. The van der Waals surface area contributed by atoms with E-state index >= 15 is 0 Å². The molecule has 0 saturated carbocycles. The molecule has 0 radical (unpaired) electrons. The third kappa shape index (κ3) is 3.86. The van der Waals surface area contributed by atoms with Crippen molar-refractivity contribution >= 4 is 5.57 Å². The summed E-state index contributed by atoms with van der Waals surface area (Å²) in [6.07, 6.45) is 4.71. The van der Waals surface area contributed by atoms with Crippen molar-refractivity contribution in [2.45, 2.75) is 32.6 Å². The largest absolute Gasteiger partial charge is 0.0641 e. The summed E-state index contributed by atoms with van der Waals surface area (Å²) < 4.78 is 0. The molecule has 0 aliphatic heterocycles. The van der Waals surface area contributed by atoms with Crippen LogP contribution in [0.25, 0.3) is 5.57 Å². The topological polar surface area (TPSA) is 0 Å². The molecule has 0 heterocycles. The van der Waals surface area contributed by atoms with Gasteiger partial charge in [-0.15, -0.1) is 0 Å². The lowest BCUT2D eigenvalue weighted by Gasteiger charge is -2.21. The van der Waals surface area contributed by atoms with Gasteiger partial charge in [0.1, 0.15) is 0 Å². The van der Waals surface area contributed by atoms with E-state index in [0.29, 0.717) is 0 Å². The lowest BCUT2D eigenvalue weighted by Crippen LogP contribution is -2.03. The number of hydrogen-bond acceptors (Lipinski definition) is 0. The standard InChI is InChI=1S/C31H28/c1-22-16-17-23(2)29(20-22)30(24-10-4-3-5-11-24)21-31-27-14-8-6-12-25(27)18-19-26-13-7-9-15-28(26)31/h3-17,20-21,31H,18-19H2,1-2H3/b30-21-. The number of fused-ring (bicyclic) bond motifs is 2. The second kappa shape index (κ2) is 8.40. The highest BCUT2D eigenvalue weighted by Crippen LogP contribution is 2.39. The van der Waals surface area contributed by atoms with Gasteiger partial charge in [0.25, 0.3) is 0 Å². The monoisotopic (exact) mass is 400 g/mol. The molecule has 1 aliphatic carbocycles. The minimum absolute atomic E-state index is 0.241. The molecular weight excluding hydrogens is 372 g/mol. The molecule has 0 heteroatoms. The lowest BCUT2D eigenvalue weighted by molar-refractivity contribution is 0.965. The van der Waals surface area contributed by atoms with E-state index in [4.69, 9.17) is 0 Å². The molecule has 0 fully saturated rings. The van der Waals surface area contributed by atoms with Crippen molar-refractivity contribution in [2.75, 3.05) is 0 Å². The second-order valence-corrected chi connectivity index (χ2v) is 8.64. The van der Waals surface area contributed by atoms with Gasteiger partial charge in [0.2, 0.25) is 0 Å². The van der Waals surface area contributed by atoms with E-state index in [1.54, 1.807) is 0 Å². The van der Waals surface area contributed by atoms with E-state index in [9.17, 15) is 0 Å². The van der Waals surface area contributed by atoms with E-state index in [2.05, 4.69) is 117 Å². The van der Waals surface area contributed by atoms with Crippen LogP contribution in [0.15, 0.2) is 103 Å². The SMILES string of the molecule is Cc1ccc(C)c(/C(=C\C2c3ccccc3CCc3ccccc32)c2ccccc2)c1. The number of aryl methyl sites for hydroxylation is 4. The molecule has 31 heavy (non-hydrogen) atoms. The number of rotatable bonds is 3. The Morgan fingerprint density at radius 3 is 1.90 bits per heavy atom. The van der Waals surface area contributed by atoms with Crippen LogP contribution in [0.4, 0.5) is 0 Å². The van der Waals surface area contributed by atoms with Crippen LogP contribution in [0.5, 0.6) is 0 Å². The quantitative estimate of drug-likeness (QED) is 0.331. The summed E-state index contributed by atoms with van der Waals surface area (Å²) >= 11 is 0. The summed E-state index contributed by atoms with van der Waals surface area (Å²) in [6.45, 7) is 4.41. The molecule has 0 unspecified atom stereocenters. The highest BCUT2D eigenvalue weighted by molar-refractivity contribution is 5.82. The first-order chi connectivity index (χ1) is 15.2. The van der Waals surface area contributed by atoms with Crippen molar-refractivity contribution in [3.63, 3.8) is 0 Å². The molecule has 0 bridgehead atoms. The van der Waals surface area contributed by atoms with Gasteiger partial charge in [-0.3, -0.25) is 0 Å². The fourth-order valence-corrected chi connectivity index (χ4v) is 4.90. The zero-order chi connectivity index (χ0) is 21.2. The zero-order valence-corrected chi connectivity index (χ0v) is 18.3. The van der Waals surface area contributed by atoms with Gasteiger partial charge in [-0.25, -0.2) is 0 Å². The van der Waals surface area contributed by atoms with Gasteiger partial charge < -0.3 is 0 Å². The van der Waals surface area contributed by atoms with Crippen molar-refractivity contribution < 1.29 is 0 Å². The van der Waals surface area contributed by atoms with Crippen LogP contribution in [0.1, 0.15) is 50.4 Å². The summed E-state index contributed by atoms with van der Waals surface area (Å²) in [7, 11) is 0. The molecule has 5 rings (SSSR count). The van der Waals surface area contributed by atoms with Crippen LogP contribution < -0.4 is 0 Å². The third-order valence-electron chi connectivity index (χ3n) is 6.55. The summed E-state index contributed by atoms with van der Waals surface area (Å²) in [5.74, 6) is 0.241. The van der Waals surface area contributed by atoms with Gasteiger partial charge in [-0.05, 0) is 71.2 Å². The highest BCUT2D eigenvalue weighted by atomic mass is 14.3. The van der Waals surface area contributed by atoms with Crippen LogP contribution in [0, 0.1) is 13.8 Å². The van der Waals surface area contributed by atoms with Crippen LogP contribution in [0.2, 0.25) is 0 Å². The Bertz CT molecular complexity index is 1200. The Morgan fingerprint density at radius 2 is 1.26 bits per heavy atom. The highest BCUT2D eigenvalue weighted by Gasteiger charge is 2.23. The van der Waals surface area contributed by atoms with Gasteiger partial charge in [0, 0.05) is 5.92 Å². The van der Waals surface area contributed by atoms with Gasteiger partial charge >= 0.3 is 0 Å². The van der Waals surface area contributed by atoms with Crippen LogP contribution >= 0.6 is 0 Å². The Labute approximate surface area is 185 Å². The first-order valence-electron chi connectivity index (χ1n) is 11.2. The summed E-state index contributed by atoms with van der Waals surface area (Å²) in [6, 6.07) is 35.6. The molecule has 0 saturated heterocycles. The maximum absolute atomic E-state index is 2.51. The van der Waals surface area contributed by atoms with Gasteiger partial charge in [0.05, 0.1) is 0 Å². The molecule has 152 valence electrons. The molecule has 0 nitrogen and oxygen atoms in total. The molecule has 1 aliphatic rings. The van der Waals surface area contributed by atoms with Gasteiger partial charge in [-0.2, -0.15) is 0 Å². The minimum atomic E-state index is 0.241. The predicted octanol–water partition coefficient (Wildman–Crippen LogP) is 7.67. The Hall–Kier alpha value is -3.38. The normalized spacial score (nSPS) is 13.9.